The summed E-state index contributed by atoms with van der Waals surface area (Å²) >= 11 is 0. The molecule has 0 saturated heterocycles. The van der Waals surface area contributed by atoms with Gasteiger partial charge in [-0.15, -0.1) is 0 Å². The third-order valence-electron chi connectivity index (χ3n) is 4.29. The number of carbonyl (C=O) groups excluding carboxylic acids is 1. The van der Waals surface area contributed by atoms with Crippen LogP contribution in [0, 0.1) is 13.8 Å². The summed E-state index contributed by atoms with van der Waals surface area (Å²) in [6, 6.07) is 4.56. The fourth-order valence-electron chi connectivity index (χ4n) is 2.83. The van der Waals surface area contributed by atoms with Gasteiger partial charge in [0.2, 0.25) is 9.84 Å². The number of ether oxygens (including phenoxy) is 1. The van der Waals surface area contributed by atoms with Gasteiger partial charge in [0, 0.05) is 18.1 Å². The van der Waals surface area contributed by atoms with Gasteiger partial charge in [0.05, 0.1) is 28.1 Å². The van der Waals surface area contributed by atoms with E-state index in [9.17, 15) is 13.2 Å². The van der Waals surface area contributed by atoms with Gasteiger partial charge in [0.1, 0.15) is 5.69 Å². The molecule has 3 rings (SSSR count). The molecule has 0 aliphatic rings. The molecule has 0 aliphatic heterocycles. The maximum absolute atomic E-state index is 13.1. The maximum atomic E-state index is 13.1. The smallest absolute Gasteiger partial charge is 0.354 e. The molecule has 0 aliphatic carbocycles. The van der Waals surface area contributed by atoms with Crippen LogP contribution in [0.2, 0.25) is 0 Å². The molecule has 8 heteroatoms. The van der Waals surface area contributed by atoms with E-state index in [1.165, 1.54) is 10.6 Å². The summed E-state index contributed by atoms with van der Waals surface area (Å²) in [4.78, 5) is 12.3. The summed E-state index contributed by atoms with van der Waals surface area (Å²) in [5.41, 5.74) is 2.27. The summed E-state index contributed by atoms with van der Waals surface area (Å²) in [5.74, 6) is -0.545. The number of nitrogens with one attached hydrogen (secondary N) is 1. The second-order valence-electron chi connectivity index (χ2n) is 5.84. The number of esters is 1. The van der Waals surface area contributed by atoms with Crippen molar-refractivity contribution in [1.29, 1.82) is 0 Å². The van der Waals surface area contributed by atoms with Crippen molar-refractivity contribution in [3.05, 3.63) is 41.3 Å². The minimum Gasteiger partial charge on any atom is -0.461 e. The van der Waals surface area contributed by atoms with E-state index >= 15 is 0 Å². The lowest BCUT2D eigenvalue weighted by atomic mass is 10.2. The number of aromatic amines is 1. The average Bonchev–Trinajstić information content (AvgIpc) is 3.14. The molecule has 3 aromatic rings. The van der Waals surface area contributed by atoms with E-state index in [0.29, 0.717) is 5.69 Å². The summed E-state index contributed by atoms with van der Waals surface area (Å²) in [5, 5.41) is 7.52. The van der Waals surface area contributed by atoms with E-state index < -0.39 is 15.8 Å². The van der Waals surface area contributed by atoms with Crippen LogP contribution in [0.4, 0.5) is 0 Å². The molecule has 7 nitrogen and oxygen atoms in total. The molecule has 1 N–H and O–H groups in total. The molecule has 2 aromatic heterocycles. The zero-order chi connectivity index (χ0) is 18.4. The second-order valence-corrected chi connectivity index (χ2v) is 7.75. The number of fused-ring (bicyclic) bond motifs is 1. The van der Waals surface area contributed by atoms with Gasteiger partial charge in [-0.2, -0.15) is 5.10 Å². The molecular weight excluding hydrogens is 342 g/mol. The predicted octanol–water partition coefficient (Wildman–Crippen LogP) is 2.53. The Bertz CT molecular complexity index is 1080. The number of carbonyl (C=O) groups is 1. The molecule has 132 valence electrons. The molecule has 0 radical (unpaired) electrons. The van der Waals surface area contributed by atoms with Gasteiger partial charge in [-0.25, -0.2) is 13.2 Å². The van der Waals surface area contributed by atoms with Crippen molar-refractivity contribution in [3.63, 3.8) is 0 Å². The molecule has 0 fully saturated rings. The summed E-state index contributed by atoms with van der Waals surface area (Å²) in [7, 11) is -2.14. The zero-order valence-electron chi connectivity index (χ0n) is 14.5. The number of nitrogens with zero attached hydrogens (tertiary/aromatic N) is 2. The highest BCUT2D eigenvalue weighted by atomic mass is 32.2. The monoisotopic (exact) mass is 361 g/mol. The van der Waals surface area contributed by atoms with Crippen LogP contribution in [0.1, 0.15) is 28.7 Å². The van der Waals surface area contributed by atoms with E-state index in [1.807, 2.05) is 6.92 Å². The Morgan fingerprint density at radius 2 is 2.00 bits per heavy atom. The molecule has 0 amide bonds. The molecule has 25 heavy (non-hydrogen) atoms. The van der Waals surface area contributed by atoms with E-state index in [0.717, 1.165) is 16.5 Å². The molecule has 0 unspecified atom stereocenters. The first-order valence-electron chi connectivity index (χ1n) is 7.79. The number of benzene rings is 1. The highest BCUT2D eigenvalue weighted by Crippen LogP contribution is 2.30. The highest BCUT2D eigenvalue weighted by molar-refractivity contribution is 7.91. The molecule has 2 heterocycles. The molecule has 0 bridgehead atoms. The summed E-state index contributed by atoms with van der Waals surface area (Å²) in [6.45, 7) is 5.41. The van der Waals surface area contributed by atoms with Crippen LogP contribution in [0.15, 0.2) is 34.2 Å². The lowest BCUT2D eigenvalue weighted by Crippen LogP contribution is -2.10. The normalized spacial score (nSPS) is 11.8. The molecule has 0 spiro atoms. The number of hydrogen-bond donors (Lipinski definition) is 1. The van der Waals surface area contributed by atoms with Crippen molar-refractivity contribution in [2.24, 2.45) is 7.05 Å². The summed E-state index contributed by atoms with van der Waals surface area (Å²) < 4.78 is 32.8. The van der Waals surface area contributed by atoms with Crippen molar-refractivity contribution in [1.82, 2.24) is 14.8 Å². The standard InChI is InChI=1S/C17H19N3O4S/c1-5-24-17(21)14-8-15(11(3)20(14)4)25(22,23)13-6-10(2)16-12(7-13)9-18-19-16/h6-9H,5H2,1-4H3,(H,18,19). The SMILES string of the molecule is CCOC(=O)c1cc(S(=O)(=O)c2cc(C)c3[nH]ncc3c2)c(C)n1C. The molecule has 0 saturated carbocycles. The Morgan fingerprint density at radius 3 is 2.68 bits per heavy atom. The maximum Gasteiger partial charge on any atom is 0.354 e. The number of sulfone groups is 1. The third-order valence-corrected chi connectivity index (χ3v) is 6.14. The van der Waals surface area contributed by atoms with Crippen molar-refractivity contribution in [3.8, 4) is 0 Å². The Labute approximate surface area is 145 Å². The number of aryl methyl sites for hydroxylation is 1. The van der Waals surface area contributed by atoms with E-state index in [-0.39, 0.29) is 22.1 Å². The van der Waals surface area contributed by atoms with Crippen LogP contribution >= 0.6 is 0 Å². The first-order valence-corrected chi connectivity index (χ1v) is 9.28. The lowest BCUT2D eigenvalue weighted by Gasteiger charge is -2.07. The second kappa shape index (κ2) is 6.03. The van der Waals surface area contributed by atoms with Gasteiger partial charge in [0.15, 0.2) is 0 Å². The number of H-pyrrole nitrogens is 1. The van der Waals surface area contributed by atoms with Gasteiger partial charge in [-0.3, -0.25) is 5.10 Å². The van der Waals surface area contributed by atoms with Gasteiger partial charge in [-0.05, 0) is 44.5 Å². The van der Waals surface area contributed by atoms with Crippen LogP contribution in [-0.2, 0) is 21.6 Å². The predicted molar refractivity (Wildman–Crippen MR) is 92.4 cm³/mol. The minimum absolute atomic E-state index is 0.0975. The average molecular weight is 361 g/mol. The van der Waals surface area contributed by atoms with Crippen LogP contribution in [0.5, 0.6) is 0 Å². The largest absolute Gasteiger partial charge is 0.461 e. The Balaban J connectivity index is 2.16. The van der Waals surface area contributed by atoms with Crippen LogP contribution in [0.25, 0.3) is 10.9 Å². The Kier molecular flexibility index (Phi) is 4.16. The van der Waals surface area contributed by atoms with Crippen molar-refractivity contribution in [2.75, 3.05) is 6.61 Å². The van der Waals surface area contributed by atoms with Crippen molar-refractivity contribution >= 4 is 26.7 Å². The van der Waals surface area contributed by atoms with Crippen molar-refractivity contribution in [2.45, 2.75) is 30.6 Å². The minimum atomic E-state index is -3.78. The van der Waals surface area contributed by atoms with Gasteiger partial charge < -0.3 is 9.30 Å². The number of hydrogen-bond acceptors (Lipinski definition) is 5. The fraction of sp³-hybridized carbons (Fsp3) is 0.294. The lowest BCUT2D eigenvalue weighted by molar-refractivity contribution is 0.0515. The topological polar surface area (TPSA) is 94.1 Å². The molecule has 1 aromatic carbocycles. The highest BCUT2D eigenvalue weighted by Gasteiger charge is 2.27. The van der Waals surface area contributed by atoms with Crippen LogP contribution in [0.3, 0.4) is 0 Å². The van der Waals surface area contributed by atoms with Gasteiger partial charge >= 0.3 is 5.97 Å². The third kappa shape index (κ3) is 2.72. The van der Waals surface area contributed by atoms with E-state index in [2.05, 4.69) is 10.2 Å². The first kappa shape index (κ1) is 17.2. The van der Waals surface area contributed by atoms with Gasteiger partial charge in [0.25, 0.3) is 0 Å². The van der Waals surface area contributed by atoms with Gasteiger partial charge in [-0.1, -0.05) is 0 Å². The quantitative estimate of drug-likeness (QED) is 0.721. The van der Waals surface area contributed by atoms with Crippen LogP contribution < -0.4 is 0 Å². The Hall–Kier alpha value is -2.61. The van der Waals surface area contributed by atoms with E-state index in [4.69, 9.17) is 4.74 Å². The first-order chi connectivity index (χ1) is 11.8. The number of rotatable bonds is 4. The van der Waals surface area contributed by atoms with E-state index in [1.54, 1.807) is 39.2 Å². The Morgan fingerprint density at radius 1 is 1.28 bits per heavy atom. The zero-order valence-corrected chi connectivity index (χ0v) is 15.3. The van der Waals surface area contributed by atoms with Crippen molar-refractivity contribution < 1.29 is 17.9 Å². The molecule has 0 atom stereocenters. The number of aromatic nitrogens is 3. The molecular formula is C17H19N3O4S. The summed E-state index contributed by atoms with van der Waals surface area (Å²) in [6.07, 6.45) is 1.59. The fourth-order valence-corrected chi connectivity index (χ4v) is 4.49. The van der Waals surface area contributed by atoms with Crippen LogP contribution in [-0.4, -0.2) is 35.8 Å².